The number of ketones is 1. The molecule has 1 aromatic carbocycles. The van der Waals surface area contributed by atoms with Crippen LogP contribution in [0.25, 0.3) is 0 Å². The predicted molar refractivity (Wildman–Crippen MR) is 91.4 cm³/mol. The van der Waals surface area contributed by atoms with Gasteiger partial charge in [-0.1, -0.05) is 30.3 Å². The first kappa shape index (κ1) is 15.4. The van der Waals surface area contributed by atoms with E-state index in [1.54, 1.807) is 18.3 Å². The number of thiophene rings is 1. The van der Waals surface area contributed by atoms with E-state index >= 15 is 0 Å². The molecule has 1 aromatic heterocycles. The first-order valence-electron chi connectivity index (χ1n) is 7.69. The number of hydrogen-bond donors (Lipinski definition) is 0. The highest BCUT2D eigenvalue weighted by Crippen LogP contribution is 2.25. The number of likely N-dealkylation sites (N-methyl/N-ethyl adjacent to an activating group) is 1. The van der Waals surface area contributed by atoms with Gasteiger partial charge in [-0.2, -0.15) is 0 Å². The van der Waals surface area contributed by atoms with Gasteiger partial charge in [0.05, 0.1) is 4.88 Å². The fourth-order valence-corrected chi connectivity index (χ4v) is 3.82. The molecule has 116 valence electrons. The van der Waals surface area contributed by atoms with Crippen molar-refractivity contribution < 1.29 is 4.79 Å². The zero-order chi connectivity index (χ0) is 15.5. The summed E-state index contributed by atoms with van der Waals surface area (Å²) in [5.41, 5.74) is 2.64. The van der Waals surface area contributed by atoms with Crippen LogP contribution in [0.1, 0.15) is 33.8 Å². The fourth-order valence-electron chi connectivity index (χ4n) is 3.01. The Kier molecular flexibility index (Phi) is 4.71. The fraction of sp³-hybridized carbons (Fsp3) is 0.389. The lowest BCUT2D eigenvalue weighted by Crippen LogP contribution is -2.46. The second-order valence-corrected chi connectivity index (χ2v) is 6.93. The van der Waals surface area contributed by atoms with Crippen LogP contribution in [-0.2, 0) is 6.54 Å². The molecule has 0 aliphatic carbocycles. The maximum atomic E-state index is 11.4. The number of Topliss-reactive ketones (excluding diaryl/α,β-unsaturated/α-hetero) is 1. The smallest absolute Gasteiger partial charge is 0.169 e. The van der Waals surface area contributed by atoms with Gasteiger partial charge in [0.25, 0.3) is 0 Å². The van der Waals surface area contributed by atoms with E-state index in [2.05, 4.69) is 52.6 Å². The molecule has 0 spiro atoms. The lowest BCUT2D eigenvalue weighted by atomic mass is 10.0. The lowest BCUT2D eigenvalue weighted by Gasteiger charge is -2.39. The summed E-state index contributed by atoms with van der Waals surface area (Å²) in [4.78, 5) is 17.2. The van der Waals surface area contributed by atoms with Gasteiger partial charge < -0.3 is 0 Å². The summed E-state index contributed by atoms with van der Waals surface area (Å²) < 4.78 is 0. The number of rotatable bonds is 4. The molecule has 2 aromatic rings. The third-order valence-corrected chi connectivity index (χ3v) is 5.40. The first-order chi connectivity index (χ1) is 10.6. The van der Waals surface area contributed by atoms with Crippen molar-refractivity contribution in [2.45, 2.75) is 19.5 Å². The Morgan fingerprint density at radius 1 is 1.27 bits per heavy atom. The highest BCUT2D eigenvalue weighted by molar-refractivity contribution is 7.12. The molecule has 0 radical (unpaired) electrons. The lowest BCUT2D eigenvalue weighted by molar-refractivity contribution is 0.0905. The van der Waals surface area contributed by atoms with Crippen LogP contribution in [0, 0.1) is 0 Å². The van der Waals surface area contributed by atoms with Crippen LogP contribution in [0.4, 0.5) is 0 Å². The van der Waals surface area contributed by atoms with Crippen molar-refractivity contribution in [1.82, 2.24) is 9.80 Å². The second-order valence-electron chi connectivity index (χ2n) is 6.02. The predicted octanol–water partition coefficient (Wildman–Crippen LogP) is 3.44. The molecule has 4 heteroatoms. The molecule has 2 heterocycles. The average Bonchev–Trinajstić information content (AvgIpc) is 2.99. The second kappa shape index (κ2) is 6.73. The molecule has 1 atom stereocenters. The molecule has 0 saturated carbocycles. The number of piperazine rings is 1. The van der Waals surface area contributed by atoms with Gasteiger partial charge in [0, 0.05) is 32.2 Å². The minimum Gasteiger partial charge on any atom is -0.297 e. The quantitative estimate of drug-likeness (QED) is 0.808. The van der Waals surface area contributed by atoms with Crippen LogP contribution in [0.5, 0.6) is 0 Å². The Morgan fingerprint density at radius 2 is 2.05 bits per heavy atom. The minimum absolute atomic E-state index is 0.164. The van der Waals surface area contributed by atoms with Crippen molar-refractivity contribution in [3.63, 3.8) is 0 Å². The zero-order valence-corrected chi connectivity index (χ0v) is 14.0. The van der Waals surface area contributed by atoms with E-state index in [1.807, 2.05) is 6.07 Å². The number of carbonyl (C=O) groups excluding carboxylic acids is 1. The van der Waals surface area contributed by atoms with E-state index in [9.17, 15) is 4.79 Å². The van der Waals surface area contributed by atoms with Crippen LogP contribution >= 0.6 is 11.3 Å². The summed E-state index contributed by atoms with van der Waals surface area (Å²) in [6.45, 7) is 5.75. The van der Waals surface area contributed by atoms with Crippen molar-refractivity contribution in [2.75, 3.05) is 26.7 Å². The molecule has 0 bridgehead atoms. The van der Waals surface area contributed by atoms with Gasteiger partial charge in [-0.15, -0.1) is 11.3 Å². The highest BCUT2D eigenvalue weighted by Gasteiger charge is 2.25. The van der Waals surface area contributed by atoms with Gasteiger partial charge in [-0.05, 0) is 36.5 Å². The molecule has 3 nitrogen and oxygen atoms in total. The molecule has 1 fully saturated rings. The van der Waals surface area contributed by atoms with Crippen LogP contribution < -0.4 is 0 Å². The van der Waals surface area contributed by atoms with E-state index in [0.29, 0.717) is 6.04 Å². The standard InChI is InChI=1S/C18H22N2OS/c1-14(21)18-10-15(13-22-18)11-20-9-8-19(2)17(12-20)16-6-4-3-5-7-16/h3-7,10,13,17H,8-9,11-12H2,1-2H3/t17-/m0/s1. The molecule has 0 N–H and O–H groups in total. The number of benzene rings is 1. The van der Waals surface area contributed by atoms with Crippen LogP contribution in [0.2, 0.25) is 0 Å². The average molecular weight is 314 g/mol. The molecule has 0 amide bonds. The van der Waals surface area contributed by atoms with Crippen molar-refractivity contribution in [3.8, 4) is 0 Å². The Morgan fingerprint density at radius 3 is 2.73 bits per heavy atom. The minimum atomic E-state index is 0.164. The van der Waals surface area contributed by atoms with E-state index in [1.165, 1.54) is 11.1 Å². The first-order valence-corrected chi connectivity index (χ1v) is 8.57. The van der Waals surface area contributed by atoms with Crippen molar-refractivity contribution >= 4 is 17.1 Å². The SMILES string of the molecule is CC(=O)c1cc(CN2CCN(C)[C@H](c3ccccc3)C2)cs1. The van der Waals surface area contributed by atoms with E-state index in [0.717, 1.165) is 31.1 Å². The zero-order valence-electron chi connectivity index (χ0n) is 13.2. The van der Waals surface area contributed by atoms with Gasteiger partial charge in [0.2, 0.25) is 0 Å². The summed E-state index contributed by atoms with van der Waals surface area (Å²) in [6, 6.07) is 13.2. The van der Waals surface area contributed by atoms with Crippen molar-refractivity contribution in [1.29, 1.82) is 0 Å². The summed E-state index contributed by atoms with van der Waals surface area (Å²) in [6.07, 6.45) is 0. The molecule has 1 saturated heterocycles. The Bertz CT molecular complexity index is 638. The molecular weight excluding hydrogens is 292 g/mol. The van der Waals surface area contributed by atoms with E-state index < -0.39 is 0 Å². The van der Waals surface area contributed by atoms with Gasteiger partial charge in [-0.25, -0.2) is 0 Å². The monoisotopic (exact) mass is 314 g/mol. The molecule has 0 unspecified atom stereocenters. The van der Waals surface area contributed by atoms with Crippen LogP contribution in [-0.4, -0.2) is 42.3 Å². The topological polar surface area (TPSA) is 23.6 Å². The summed E-state index contributed by atoms with van der Waals surface area (Å²) in [5.74, 6) is 0.164. The normalized spacial score (nSPS) is 20.2. The molecular formula is C18H22N2OS. The number of carbonyl (C=O) groups is 1. The molecule has 3 rings (SSSR count). The Balaban J connectivity index is 1.69. The molecule has 1 aliphatic heterocycles. The van der Waals surface area contributed by atoms with Gasteiger partial charge >= 0.3 is 0 Å². The van der Waals surface area contributed by atoms with Crippen LogP contribution in [0.15, 0.2) is 41.8 Å². The summed E-state index contributed by atoms with van der Waals surface area (Å²) in [7, 11) is 2.20. The number of nitrogens with zero attached hydrogens (tertiary/aromatic N) is 2. The van der Waals surface area contributed by atoms with Gasteiger partial charge in [0.15, 0.2) is 5.78 Å². The van der Waals surface area contributed by atoms with Gasteiger partial charge in [-0.3, -0.25) is 14.6 Å². The molecule has 22 heavy (non-hydrogen) atoms. The van der Waals surface area contributed by atoms with Gasteiger partial charge in [0.1, 0.15) is 0 Å². The Hall–Kier alpha value is -1.49. The third-order valence-electron chi connectivity index (χ3n) is 4.32. The van der Waals surface area contributed by atoms with Crippen LogP contribution in [0.3, 0.4) is 0 Å². The van der Waals surface area contributed by atoms with Crippen molar-refractivity contribution in [3.05, 3.63) is 57.8 Å². The molecule has 1 aliphatic rings. The highest BCUT2D eigenvalue weighted by atomic mass is 32.1. The van der Waals surface area contributed by atoms with E-state index in [-0.39, 0.29) is 5.78 Å². The largest absolute Gasteiger partial charge is 0.297 e. The maximum Gasteiger partial charge on any atom is 0.169 e. The maximum absolute atomic E-state index is 11.4. The summed E-state index contributed by atoms with van der Waals surface area (Å²) in [5, 5.41) is 2.12. The third kappa shape index (κ3) is 3.46. The summed E-state index contributed by atoms with van der Waals surface area (Å²) >= 11 is 1.56. The number of hydrogen-bond acceptors (Lipinski definition) is 4. The van der Waals surface area contributed by atoms with E-state index in [4.69, 9.17) is 0 Å². The Labute approximate surface area is 136 Å². The van der Waals surface area contributed by atoms with Crippen molar-refractivity contribution in [2.24, 2.45) is 0 Å².